The van der Waals surface area contributed by atoms with Gasteiger partial charge in [-0.3, -0.25) is 0 Å². The second-order valence-electron chi connectivity index (χ2n) is 3.48. The fraction of sp³-hybridized carbons (Fsp3) is 0.182. The monoisotopic (exact) mass is 191 g/mol. The van der Waals surface area contributed by atoms with Crippen LogP contribution in [0.2, 0.25) is 0 Å². The molecule has 0 aromatic heterocycles. The van der Waals surface area contributed by atoms with E-state index in [1.165, 1.54) is 10.5 Å². The topological polar surface area (TPSA) is 12.4 Å². The lowest BCUT2D eigenvalue weighted by Crippen LogP contribution is -2.08. The van der Waals surface area contributed by atoms with Crippen LogP contribution < -0.4 is 0 Å². The van der Waals surface area contributed by atoms with Gasteiger partial charge in [0.25, 0.3) is 0 Å². The highest BCUT2D eigenvalue weighted by Crippen LogP contribution is 2.26. The molecular weight excluding hydrogens is 178 g/mol. The van der Waals surface area contributed by atoms with Crippen molar-refractivity contribution in [3.05, 3.63) is 42.1 Å². The van der Waals surface area contributed by atoms with E-state index in [0.29, 0.717) is 0 Å². The lowest BCUT2D eigenvalue weighted by molar-refractivity contribution is 1.05. The Kier molecular flexibility index (Phi) is 1.81. The minimum absolute atomic E-state index is 0.883. The van der Waals surface area contributed by atoms with E-state index in [0.717, 1.165) is 12.1 Å². The summed E-state index contributed by atoms with van der Waals surface area (Å²) >= 11 is 0. The Morgan fingerprint density at radius 1 is 1.38 bits per heavy atom. The first-order chi connectivity index (χ1) is 6.09. The molecule has 68 valence electrons. The number of nitrogens with zero attached hydrogens (tertiary/aromatic N) is 1. The number of allylic oxidation sites excluding steroid dienone is 1. The van der Waals surface area contributed by atoms with Gasteiger partial charge in [0, 0.05) is 17.0 Å². The predicted molar refractivity (Wildman–Crippen MR) is 60.4 cm³/mol. The van der Waals surface area contributed by atoms with Gasteiger partial charge in [0.2, 0.25) is 0 Å². The maximum Gasteiger partial charge on any atom is 0.0447 e. The molecule has 1 aromatic rings. The summed E-state index contributed by atoms with van der Waals surface area (Å²) in [5, 5.41) is 0. The van der Waals surface area contributed by atoms with Crippen LogP contribution in [0.4, 0.5) is 0 Å². The first kappa shape index (κ1) is 8.57. The van der Waals surface area contributed by atoms with Crippen LogP contribution in [0.3, 0.4) is 0 Å². The van der Waals surface area contributed by atoms with Crippen LogP contribution in [-0.4, -0.2) is 12.1 Å². The zero-order valence-corrected chi connectivity index (χ0v) is 8.60. The molecule has 0 N–H and O–H groups in total. The number of fused-ring (bicyclic) bond motifs is 1. The van der Waals surface area contributed by atoms with Crippen molar-refractivity contribution in [3.63, 3.8) is 0 Å². The van der Waals surface area contributed by atoms with E-state index in [4.69, 9.17) is 0 Å². The molecule has 1 aromatic carbocycles. The maximum absolute atomic E-state index is 4.53. The van der Waals surface area contributed by atoms with Gasteiger partial charge in [-0.2, -0.15) is 0 Å². The Bertz CT molecular complexity index is 477. The summed E-state index contributed by atoms with van der Waals surface area (Å²) in [5.41, 5.74) is 2.31. The molecule has 0 saturated heterocycles. The third kappa shape index (κ3) is 1.42. The summed E-state index contributed by atoms with van der Waals surface area (Å²) in [6, 6.07) is 8.39. The van der Waals surface area contributed by atoms with Crippen LogP contribution in [0, 0.1) is 0 Å². The van der Waals surface area contributed by atoms with Gasteiger partial charge in [-0.25, -0.2) is 4.36 Å². The fourth-order valence-electron chi connectivity index (χ4n) is 1.67. The van der Waals surface area contributed by atoms with Crippen LogP contribution in [0.15, 0.2) is 45.8 Å². The van der Waals surface area contributed by atoms with Gasteiger partial charge >= 0.3 is 0 Å². The molecule has 0 aliphatic carbocycles. The lowest BCUT2D eigenvalue weighted by Gasteiger charge is -2.20. The van der Waals surface area contributed by atoms with Gasteiger partial charge < -0.3 is 0 Å². The van der Waals surface area contributed by atoms with Crippen LogP contribution in [0.25, 0.3) is 0 Å². The van der Waals surface area contributed by atoms with Crippen molar-refractivity contribution in [2.45, 2.75) is 11.3 Å². The standard InChI is InChI=1S/C11H13NS/c1-9-8-10-6-4-5-7-11(10)13(2,3)12-9/h4-7H,1-2,8H2,3H3. The number of rotatable bonds is 0. The molecule has 2 rings (SSSR count). The molecule has 0 amide bonds. The van der Waals surface area contributed by atoms with Gasteiger partial charge in [0.05, 0.1) is 0 Å². The van der Waals surface area contributed by atoms with Crippen molar-refractivity contribution < 1.29 is 0 Å². The highest BCUT2D eigenvalue weighted by atomic mass is 32.2. The summed E-state index contributed by atoms with van der Waals surface area (Å²) in [5.74, 6) is 4.18. The number of benzene rings is 1. The van der Waals surface area contributed by atoms with E-state index < -0.39 is 9.41 Å². The lowest BCUT2D eigenvalue weighted by atomic mass is 10.1. The Hall–Kier alpha value is -1.02. The average Bonchev–Trinajstić information content (AvgIpc) is 2.02. The smallest absolute Gasteiger partial charge is 0.0447 e. The molecule has 13 heavy (non-hydrogen) atoms. The Morgan fingerprint density at radius 2 is 2.08 bits per heavy atom. The first-order valence-electron chi connectivity index (χ1n) is 4.20. The van der Waals surface area contributed by atoms with Crippen molar-refractivity contribution in [2.75, 3.05) is 6.26 Å². The van der Waals surface area contributed by atoms with Crippen molar-refractivity contribution in [1.82, 2.24) is 0 Å². The number of hydrogen-bond donors (Lipinski definition) is 0. The molecule has 1 aliphatic rings. The SMILES string of the molecule is C=C1Cc2ccccc2S(=C)(C)=N1. The molecule has 0 spiro atoms. The molecule has 1 nitrogen and oxygen atoms in total. The van der Waals surface area contributed by atoms with Gasteiger partial charge in [0.1, 0.15) is 0 Å². The summed E-state index contributed by atoms with van der Waals surface area (Å²) < 4.78 is 4.53. The Labute approximate surface area is 79.8 Å². The predicted octanol–water partition coefficient (Wildman–Crippen LogP) is 2.51. The van der Waals surface area contributed by atoms with E-state index in [1.54, 1.807) is 0 Å². The van der Waals surface area contributed by atoms with Crippen LogP contribution in [0.1, 0.15) is 5.56 Å². The molecule has 0 bridgehead atoms. The molecule has 2 heteroatoms. The van der Waals surface area contributed by atoms with E-state index >= 15 is 0 Å². The third-order valence-corrected chi connectivity index (χ3v) is 4.18. The molecule has 0 fully saturated rings. The fourth-order valence-corrected chi connectivity index (χ4v) is 3.47. The van der Waals surface area contributed by atoms with Gasteiger partial charge in [-0.1, -0.05) is 30.6 Å². The molecule has 1 heterocycles. The minimum Gasteiger partial charge on any atom is -0.235 e. The minimum atomic E-state index is -1.22. The van der Waals surface area contributed by atoms with E-state index in [9.17, 15) is 0 Å². The zero-order valence-electron chi connectivity index (χ0n) is 7.79. The van der Waals surface area contributed by atoms with Crippen LogP contribution >= 0.6 is 0 Å². The third-order valence-electron chi connectivity index (χ3n) is 2.17. The maximum atomic E-state index is 4.53. The highest BCUT2D eigenvalue weighted by molar-refractivity contribution is 8.01. The van der Waals surface area contributed by atoms with E-state index in [-0.39, 0.29) is 0 Å². The van der Waals surface area contributed by atoms with E-state index in [1.807, 2.05) is 0 Å². The Balaban J connectivity index is 2.77. The molecule has 0 saturated carbocycles. The summed E-state index contributed by atoms with van der Waals surface area (Å²) in [6.07, 6.45) is 2.99. The largest absolute Gasteiger partial charge is 0.235 e. The second-order valence-corrected chi connectivity index (χ2v) is 6.18. The Morgan fingerprint density at radius 3 is 2.85 bits per heavy atom. The van der Waals surface area contributed by atoms with Gasteiger partial charge in [0.15, 0.2) is 0 Å². The molecule has 1 atom stereocenters. The van der Waals surface area contributed by atoms with Crippen molar-refractivity contribution >= 4 is 15.3 Å². The van der Waals surface area contributed by atoms with Crippen LogP contribution in [0.5, 0.6) is 0 Å². The average molecular weight is 191 g/mol. The van der Waals surface area contributed by atoms with Crippen molar-refractivity contribution in [1.29, 1.82) is 0 Å². The summed E-state index contributed by atoms with van der Waals surface area (Å²) in [4.78, 5) is 1.31. The highest BCUT2D eigenvalue weighted by Gasteiger charge is 2.12. The second kappa shape index (κ2) is 2.74. The quantitative estimate of drug-likeness (QED) is 0.559. The summed E-state index contributed by atoms with van der Waals surface area (Å²) in [6.45, 7) is 3.92. The molecule has 1 unspecified atom stereocenters. The first-order valence-corrected chi connectivity index (χ1v) is 6.36. The molecule has 0 radical (unpaired) electrons. The van der Waals surface area contributed by atoms with Crippen LogP contribution in [-0.2, 0) is 15.8 Å². The van der Waals surface area contributed by atoms with Gasteiger partial charge in [-0.15, -0.1) is 9.41 Å². The number of hydrogen-bond acceptors (Lipinski definition) is 1. The zero-order chi connectivity index (χ0) is 9.47. The van der Waals surface area contributed by atoms with Crippen molar-refractivity contribution in [2.24, 2.45) is 4.36 Å². The van der Waals surface area contributed by atoms with Crippen molar-refractivity contribution in [3.8, 4) is 0 Å². The van der Waals surface area contributed by atoms with E-state index in [2.05, 4.69) is 47.3 Å². The molecular formula is C11H13NS. The summed E-state index contributed by atoms with van der Waals surface area (Å²) in [7, 11) is -1.22. The van der Waals surface area contributed by atoms with Gasteiger partial charge in [-0.05, 0) is 17.9 Å². The molecule has 1 aliphatic heterocycles. The normalized spacial score (nSPS) is 26.4.